The summed E-state index contributed by atoms with van der Waals surface area (Å²) >= 11 is 0.381. The number of hydrogen-bond donors (Lipinski definition) is 1. The van der Waals surface area contributed by atoms with Crippen molar-refractivity contribution in [2.75, 3.05) is 0 Å². The van der Waals surface area contributed by atoms with Crippen molar-refractivity contribution in [2.24, 2.45) is 0 Å². The van der Waals surface area contributed by atoms with Gasteiger partial charge in [-0.2, -0.15) is 8.42 Å². The van der Waals surface area contributed by atoms with E-state index < -0.39 is 43.2 Å². The van der Waals surface area contributed by atoms with Crippen LogP contribution < -0.4 is 4.74 Å². The van der Waals surface area contributed by atoms with E-state index in [1.54, 1.807) is 12.1 Å². The number of rotatable bonds is 5. The Kier molecular flexibility index (Phi) is 6.21. The maximum Gasteiger partial charge on any atom is 0.300 e. The molecule has 0 heterocycles. The zero-order valence-corrected chi connectivity index (χ0v) is 16.1. The minimum Gasteiger partial charge on any atom is -0.490 e. The number of ether oxygens (including phenoxy) is 1. The zero-order valence-electron chi connectivity index (χ0n) is 14.4. The molecule has 1 aliphatic rings. The molecule has 1 N–H and O–H groups in total. The Labute approximate surface area is 163 Å². The third-order valence-corrected chi connectivity index (χ3v) is 6.28. The Morgan fingerprint density at radius 2 is 1.43 bits per heavy atom. The van der Waals surface area contributed by atoms with Gasteiger partial charge < -0.3 is 4.74 Å². The Morgan fingerprint density at radius 3 is 1.93 bits per heavy atom. The molecule has 28 heavy (non-hydrogen) atoms. The van der Waals surface area contributed by atoms with E-state index in [4.69, 9.17) is 9.29 Å². The van der Waals surface area contributed by atoms with Crippen LogP contribution in [0.1, 0.15) is 32.1 Å². The summed E-state index contributed by atoms with van der Waals surface area (Å²) in [5.74, 6) is -7.60. The van der Waals surface area contributed by atoms with E-state index in [1.807, 2.05) is 0 Å². The van der Waals surface area contributed by atoms with Gasteiger partial charge in [-0.25, -0.2) is 17.6 Å². The average Bonchev–Trinajstić information content (AvgIpc) is 2.65. The Morgan fingerprint density at radius 1 is 0.893 bits per heavy atom. The lowest BCUT2D eigenvalue weighted by molar-refractivity contribution is 0.155. The fraction of sp³-hybridized carbons (Fsp3) is 0.333. The minimum absolute atomic E-state index is 0.110. The molecule has 10 heteroatoms. The highest BCUT2D eigenvalue weighted by Crippen LogP contribution is 2.38. The van der Waals surface area contributed by atoms with Crippen LogP contribution in [0.25, 0.3) is 0 Å². The molecule has 0 unspecified atom stereocenters. The second kappa shape index (κ2) is 8.30. The standard InChI is InChI=1S/C18H16F4O4S2/c19-13-15(21)18(28(23,24)25)16(22)14(20)17(13)27-12-8-6-11(7-9-12)26-10-4-2-1-3-5-10/h6-10H,1-5H2,(H,23,24,25). The molecule has 0 amide bonds. The van der Waals surface area contributed by atoms with Gasteiger partial charge in [-0.15, -0.1) is 0 Å². The first kappa shape index (κ1) is 20.9. The highest BCUT2D eigenvalue weighted by molar-refractivity contribution is 7.99. The van der Waals surface area contributed by atoms with Crippen LogP contribution in [0, 0.1) is 23.3 Å². The van der Waals surface area contributed by atoms with Gasteiger partial charge in [0.1, 0.15) is 5.75 Å². The first-order chi connectivity index (χ1) is 13.2. The van der Waals surface area contributed by atoms with Gasteiger partial charge >= 0.3 is 10.1 Å². The average molecular weight is 436 g/mol. The Bertz CT molecular complexity index is 943. The fourth-order valence-corrected chi connectivity index (χ4v) is 4.49. The zero-order chi connectivity index (χ0) is 20.5. The molecule has 0 spiro atoms. The van der Waals surface area contributed by atoms with Gasteiger partial charge in [0.25, 0.3) is 0 Å². The predicted octanol–water partition coefficient (Wildman–Crippen LogP) is 5.35. The van der Waals surface area contributed by atoms with Gasteiger partial charge in [0.2, 0.25) is 0 Å². The van der Waals surface area contributed by atoms with Crippen molar-refractivity contribution in [3.8, 4) is 5.75 Å². The summed E-state index contributed by atoms with van der Waals surface area (Å²) in [4.78, 5) is -2.85. The van der Waals surface area contributed by atoms with E-state index in [-0.39, 0.29) is 11.0 Å². The Balaban J connectivity index is 1.84. The molecular formula is C18H16F4O4S2. The molecule has 0 bridgehead atoms. The molecule has 0 radical (unpaired) electrons. The molecule has 1 fully saturated rings. The van der Waals surface area contributed by atoms with Crippen molar-refractivity contribution in [1.29, 1.82) is 0 Å². The monoisotopic (exact) mass is 436 g/mol. The molecular weight excluding hydrogens is 420 g/mol. The van der Waals surface area contributed by atoms with Crippen LogP contribution in [0.3, 0.4) is 0 Å². The number of hydrogen-bond acceptors (Lipinski definition) is 4. The van der Waals surface area contributed by atoms with E-state index in [0.29, 0.717) is 17.5 Å². The smallest absolute Gasteiger partial charge is 0.300 e. The highest BCUT2D eigenvalue weighted by Gasteiger charge is 2.32. The quantitative estimate of drug-likeness (QED) is 0.389. The topological polar surface area (TPSA) is 63.6 Å². The second-order valence-corrected chi connectivity index (χ2v) is 8.78. The van der Waals surface area contributed by atoms with Crippen LogP contribution in [0.15, 0.2) is 39.0 Å². The molecule has 0 aromatic heterocycles. The summed E-state index contributed by atoms with van der Waals surface area (Å²) in [5, 5.41) is 0. The summed E-state index contributed by atoms with van der Waals surface area (Å²) in [6, 6.07) is 6.08. The van der Waals surface area contributed by atoms with Gasteiger partial charge in [-0.1, -0.05) is 18.2 Å². The molecule has 152 valence electrons. The normalized spacial score (nSPS) is 15.6. The van der Waals surface area contributed by atoms with Gasteiger partial charge in [-0.05, 0) is 49.9 Å². The van der Waals surface area contributed by atoms with Crippen LogP contribution >= 0.6 is 11.8 Å². The molecule has 0 atom stereocenters. The highest BCUT2D eigenvalue weighted by atomic mass is 32.2. The third kappa shape index (κ3) is 4.44. The first-order valence-electron chi connectivity index (χ1n) is 8.46. The van der Waals surface area contributed by atoms with Crippen molar-refractivity contribution < 1.29 is 35.3 Å². The second-order valence-electron chi connectivity index (χ2n) is 6.34. The maximum atomic E-state index is 14.1. The molecule has 0 aliphatic heterocycles. The largest absolute Gasteiger partial charge is 0.490 e. The fourth-order valence-electron chi connectivity index (χ4n) is 2.99. The van der Waals surface area contributed by atoms with Gasteiger partial charge in [0.15, 0.2) is 28.2 Å². The van der Waals surface area contributed by atoms with Gasteiger partial charge in [0, 0.05) is 4.90 Å². The minimum atomic E-state index is -5.47. The summed E-state index contributed by atoms with van der Waals surface area (Å²) in [6.45, 7) is 0. The van der Waals surface area contributed by atoms with E-state index >= 15 is 0 Å². The maximum absolute atomic E-state index is 14.1. The van der Waals surface area contributed by atoms with Crippen LogP contribution in [0.4, 0.5) is 17.6 Å². The summed E-state index contributed by atoms with van der Waals surface area (Å²) in [7, 11) is -5.47. The van der Waals surface area contributed by atoms with E-state index in [9.17, 15) is 26.0 Å². The summed E-state index contributed by atoms with van der Waals surface area (Å²) in [6.07, 6.45) is 5.37. The van der Waals surface area contributed by atoms with Gasteiger partial charge in [0.05, 0.1) is 11.0 Å². The van der Waals surface area contributed by atoms with Crippen molar-refractivity contribution in [2.45, 2.75) is 52.9 Å². The van der Waals surface area contributed by atoms with Crippen LogP contribution in [-0.2, 0) is 10.1 Å². The molecule has 2 aromatic rings. The van der Waals surface area contributed by atoms with Crippen LogP contribution in [0.5, 0.6) is 5.75 Å². The van der Waals surface area contributed by atoms with E-state index in [1.165, 1.54) is 18.6 Å². The Hall–Kier alpha value is -1.78. The van der Waals surface area contributed by atoms with E-state index in [0.717, 1.165) is 25.7 Å². The third-order valence-electron chi connectivity index (χ3n) is 4.34. The molecule has 3 rings (SSSR count). The van der Waals surface area contributed by atoms with Gasteiger partial charge in [-0.3, -0.25) is 4.55 Å². The molecule has 2 aromatic carbocycles. The van der Waals surface area contributed by atoms with Crippen molar-refractivity contribution in [3.05, 3.63) is 47.5 Å². The van der Waals surface area contributed by atoms with Crippen LogP contribution in [-0.4, -0.2) is 19.1 Å². The summed E-state index contributed by atoms with van der Waals surface area (Å²) < 4.78 is 92.5. The summed E-state index contributed by atoms with van der Waals surface area (Å²) in [5.41, 5.74) is 0. The SMILES string of the molecule is O=S(=O)(O)c1c(F)c(F)c(Sc2ccc(OC3CCCCC3)cc2)c(F)c1F. The molecule has 1 aliphatic carbocycles. The molecule has 0 saturated heterocycles. The number of halogens is 4. The number of benzene rings is 2. The lowest BCUT2D eigenvalue weighted by Crippen LogP contribution is -2.19. The van der Waals surface area contributed by atoms with Crippen molar-refractivity contribution in [3.63, 3.8) is 0 Å². The molecule has 4 nitrogen and oxygen atoms in total. The first-order valence-corrected chi connectivity index (χ1v) is 10.7. The van der Waals surface area contributed by atoms with E-state index in [2.05, 4.69) is 0 Å². The van der Waals surface area contributed by atoms with Crippen LogP contribution in [0.2, 0.25) is 0 Å². The van der Waals surface area contributed by atoms with Crippen molar-refractivity contribution in [1.82, 2.24) is 0 Å². The predicted molar refractivity (Wildman–Crippen MR) is 94.2 cm³/mol. The molecule has 1 saturated carbocycles. The van der Waals surface area contributed by atoms with Crippen molar-refractivity contribution >= 4 is 21.9 Å². The lowest BCUT2D eigenvalue weighted by atomic mass is 9.98. The lowest BCUT2D eigenvalue weighted by Gasteiger charge is -2.23.